The van der Waals surface area contributed by atoms with Gasteiger partial charge in [0.15, 0.2) is 0 Å². The number of nitrogens with one attached hydrogen (secondary N) is 1. The van der Waals surface area contributed by atoms with Crippen molar-refractivity contribution in [2.45, 2.75) is 18.6 Å². The van der Waals surface area contributed by atoms with E-state index in [0.29, 0.717) is 13.0 Å². The van der Waals surface area contributed by atoms with Crippen LogP contribution in [-0.4, -0.2) is 30.0 Å². The van der Waals surface area contributed by atoms with E-state index in [1.807, 2.05) is 30.3 Å². The molecule has 15 heavy (non-hydrogen) atoms. The third-order valence-electron chi connectivity index (χ3n) is 2.42. The van der Waals surface area contributed by atoms with Crippen LogP contribution in [0.25, 0.3) is 0 Å². The minimum absolute atomic E-state index is 0.0429. The van der Waals surface area contributed by atoms with Gasteiger partial charge in [-0.1, -0.05) is 30.3 Å². The Kier molecular flexibility index (Phi) is 2.87. The average molecular weight is 207 g/mol. The van der Waals surface area contributed by atoms with Gasteiger partial charge in [0.1, 0.15) is 6.10 Å². The highest BCUT2D eigenvalue weighted by Crippen LogP contribution is 2.17. The normalized spacial score (nSPS) is 20.7. The molecule has 2 N–H and O–H groups in total. The van der Waals surface area contributed by atoms with Crippen LogP contribution in [0.2, 0.25) is 0 Å². The van der Waals surface area contributed by atoms with Crippen molar-refractivity contribution in [2.75, 3.05) is 6.61 Å². The summed E-state index contributed by atoms with van der Waals surface area (Å²) in [5.41, 5.74) is 1.12. The van der Waals surface area contributed by atoms with Crippen molar-refractivity contribution < 1.29 is 14.6 Å². The highest BCUT2D eigenvalue weighted by atomic mass is 16.6. The Morgan fingerprint density at radius 1 is 1.53 bits per heavy atom. The number of ether oxygens (including phenoxy) is 1. The molecular formula is C11H13NO3. The molecule has 1 amide bonds. The van der Waals surface area contributed by atoms with Crippen LogP contribution in [0.4, 0.5) is 4.79 Å². The third-order valence-corrected chi connectivity index (χ3v) is 2.42. The lowest BCUT2D eigenvalue weighted by atomic mass is 10.0. The van der Waals surface area contributed by atoms with Crippen molar-refractivity contribution in [1.82, 2.24) is 5.32 Å². The molecule has 0 saturated carbocycles. The molecule has 2 rings (SSSR count). The van der Waals surface area contributed by atoms with E-state index >= 15 is 0 Å². The predicted octanol–water partition coefficient (Wildman–Crippen LogP) is 1.26. The molecule has 0 spiro atoms. The average Bonchev–Trinajstić information content (AvgIpc) is 3.01. The fourth-order valence-electron chi connectivity index (χ4n) is 1.59. The van der Waals surface area contributed by atoms with Gasteiger partial charge in [-0.2, -0.15) is 0 Å². The Morgan fingerprint density at radius 2 is 2.20 bits per heavy atom. The first-order valence-corrected chi connectivity index (χ1v) is 4.90. The second kappa shape index (κ2) is 4.31. The van der Waals surface area contributed by atoms with Crippen molar-refractivity contribution >= 4 is 6.09 Å². The topological polar surface area (TPSA) is 61.9 Å². The summed E-state index contributed by atoms with van der Waals surface area (Å²) in [6, 6.07) is 9.67. The van der Waals surface area contributed by atoms with E-state index < -0.39 is 6.09 Å². The quantitative estimate of drug-likeness (QED) is 0.731. The van der Waals surface area contributed by atoms with Crippen molar-refractivity contribution in [3.63, 3.8) is 0 Å². The molecule has 1 saturated heterocycles. The fraction of sp³-hybridized carbons (Fsp3) is 0.364. The molecule has 1 aromatic rings. The zero-order valence-electron chi connectivity index (χ0n) is 8.22. The number of hydrogen-bond acceptors (Lipinski definition) is 2. The number of benzene rings is 1. The molecule has 4 nitrogen and oxygen atoms in total. The van der Waals surface area contributed by atoms with Crippen molar-refractivity contribution in [3.8, 4) is 0 Å². The van der Waals surface area contributed by atoms with Crippen LogP contribution in [0, 0.1) is 0 Å². The molecule has 0 radical (unpaired) electrons. The maximum absolute atomic E-state index is 10.6. The molecule has 1 aliphatic heterocycles. The van der Waals surface area contributed by atoms with E-state index in [2.05, 4.69) is 5.32 Å². The minimum atomic E-state index is -0.994. The summed E-state index contributed by atoms with van der Waals surface area (Å²) in [6.07, 6.45) is -0.273. The Balaban J connectivity index is 1.97. The first-order valence-electron chi connectivity index (χ1n) is 4.90. The largest absolute Gasteiger partial charge is 0.465 e. The number of carbonyl (C=O) groups is 1. The van der Waals surface area contributed by atoms with Gasteiger partial charge < -0.3 is 15.2 Å². The minimum Gasteiger partial charge on any atom is -0.465 e. The molecule has 4 heteroatoms. The highest BCUT2D eigenvalue weighted by Gasteiger charge is 2.33. The fourth-order valence-corrected chi connectivity index (χ4v) is 1.59. The van der Waals surface area contributed by atoms with Gasteiger partial charge in [-0.25, -0.2) is 4.79 Å². The second-order valence-corrected chi connectivity index (χ2v) is 3.62. The summed E-state index contributed by atoms with van der Waals surface area (Å²) in [7, 11) is 0. The van der Waals surface area contributed by atoms with E-state index in [0.717, 1.165) is 5.56 Å². The van der Waals surface area contributed by atoms with Gasteiger partial charge in [-0.05, 0) is 12.0 Å². The summed E-state index contributed by atoms with van der Waals surface area (Å²) >= 11 is 0. The molecule has 1 aromatic carbocycles. The molecule has 0 aromatic heterocycles. The molecule has 0 aliphatic carbocycles. The summed E-state index contributed by atoms with van der Waals surface area (Å²) in [5.74, 6) is 0. The van der Waals surface area contributed by atoms with Crippen LogP contribution in [0.5, 0.6) is 0 Å². The lowest BCUT2D eigenvalue weighted by Crippen LogP contribution is -2.39. The lowest BCUT2D eigenvalue weighted by molar-refractivity contribution is 0.186. The van der Waals surface area contributed by atoms with Crippen LogP contribution in [0.15, 0.2) is 30.3 Å². The maximum Gasteiger partial charge on any atom is 0.404 e. The first kappa shape index (κ1) is 9.98. The number of rotatable bonds is 4. The van der Waals surface area contributed by atoms with Crippen LogP contribution in [0.1, 0.15) is 5.56 Å². The molecule has 1 aliphatic rings. The molecule has 2 atom stereocenters. The smallest absolute Gasteiger partial charge is 0.404 e. The number of epoxide rings is 1. The molecule has 1 unspecified atom stereocenters. The summed E-state index contributed by atoms with van der Waals surface area (Å²) in [5, 5.41) is 11.2. The molecule has 1 fully saturated rings. The summed E-state index contributed by atoms with van der Waals surface area (Å²) in [6.45, 7) is 0.651. The van der Waals surface area contributed by atoms with Crippen molar-refractivity contribution in [3.05, 3.63) is 35.9 Å². The zero-order valence-corrected chi connectivity index (χ0v) is 8.22. The predicted molar refractivity (Wildman–Crippen MR) is 54.8 cm³/mol. The third kappa shape index (κ3) is 2.95. The standard InChI is InChI=1S/C11H13NO3/c13-11(14)12-9(10-7-15-10)6-8-4-2-1-3-5-8/h1-5,9-10,12H,6-7H2,(H,13,14)/t9?,10-/m0/s1. The van der Waals surface area contributed by atoms with Crippen molar-refractivity contribution in [1.29, 1.82) is 0 Å². The Labute approximate surface area is 87.9 Å². The van der Waals surface area contributed by atoms with Crippen LogP contribution >= 0.6 is 0 Å². The molecule has 80 valence electrons. The summed E-state index contributed by atoms with van der Waals surface area (Å²) in [4.78, 5) is 10.6. The van der Waals surface area contributed by atoms with Gasteiger partial charge in [-0.3, -0.25) is 0 Å². The van der Waals surface area contributed by atoms with Crippen LogP contribution in [-0.2, 0) is 11.2 Å². The van der Waals surface area contributed by atoms with E-state index in [4.69, 9.17) is 9.84 Å². The van der Waals surface area contributed by atoms with E-state index in [1.165, 1.54) is 0 Å². The van der Waals surface area contributed by atoms with E-state index in [-0.39, 0.29) is 12.1 Å². The second-order valence-electron chi connectivity index (χ2n) is 3.62. The molecule has 0 bridgehead atoms. The maximum atomic E-state index is 10.6. The zero-order chi connectivity index (χ0) is 10.7. The Morgan fingerprint density at radius 3 is 2.73 bits per heavy atom. The van der Waals surface area contributed by atoms with Gasteiger partial charge in [0, 0.05) is 0 Å². The van der Waals surface area contributed by atoms with E-state index in [1.54, 1.807) is 0 Å². The Hall–Kier alpha value is -1.55. The lowest BCUT2D eigenvalue weighted by Gasteiger charge is -2.14. The number of hydrogen-bond donors (Lipinski definition) is 2. The highest BCUT2D eigenvalue weighted by molar-refractivity contribution is 5.65. The number of amides is 1. The SMILES string of the molecule is O=C(O)NC(Cc1ccccc1)[C@@H]1CO1. The molecule has 1 heterocycles. The van der Waals surface area contributed by atoms with Crippen LogP contribution in [0.3, 0.4) is 0 Å². The van der Waals surface area contributed by atoms with Gasteiger partial charge >= 0.3 is 6.09 Å². The van der Waals surface area contributed by atoms with Gasteiger partial charge in [0.05, 0.1) is 12.6 Å². The summed E-state index contributed by atoms with van der Waals surface area (Å²) < 4.78 is 5.12. The van der Waals surface area contributed by atoms with Crippen LogP contribution < -0.4 is 5.32 Å². The molecular weight excluding hydrogens is 194 g/mol. The van der Waals surface area contributed by atoms with Gasteiger partial charge in [0.25, 0.3) is 0 Å². The first-order chi connectivity index (χ1) is 7.25. The Bertz CT molecular complexity index is 335. The van der Waals surface area contributed by atoms with Gasteiger partial charge in [-0.15, -0.1) is 0 Å². The number of carboxylic acid groups (broad SMARTS) is 1. The van der Waals surface area contributed by atoms with Gasteiger partial charge in [0.2, 0.25) is 0 Å². The monoisotopic (exact) mass is 207 g/mol. The van der Waals surface area contributed by atoms with Crippen molar-refractivity contribution in [2.24, 2.45) is 0 Å². The van der Waals surface area contributed by atoms with E-state index in [9.17, 15) is 4.79 Å².